The highest BCUT2D eigenvalue weighted by Gasteiger charge is 2.52. The number of hydrogen-bond acceptors (Lipinski definition) is 13. The number of aromatic amines is 1. The second-order valence-corrected chi connectivity index (χ2v) is 17.2. The van der Waals surface area contributed by atoms with Gasteiger partial charge in [0.05, 0.1) is 69.7 Å². The zero-order chi connectivity index (χ0) is 46.5. The number of amides is 6. The fourth-order valence-electron chi connectivity index (χ4n) is 8.98. The Morgan fingerprint density at radius 3 is 2.12 bits per heavy atom. The molecule has 3 aliphatic heterocycles. The van der Waals surface area contributed by atoms with Gasteiger partial charge in [-0.1, -0.05) is 31.4 Å². The first-order valence-electron chi connectivity index (χ1n) is 23.3. The molecule has 1 aliphatic carbocycles. The lowest BCUT2D eigenvalue weighted by atomic mass is 9.89. The number of nitrogens with one attached hydrogen (secondary N) is 3. The minimum absolute atomic E-state index is 0.0114. The van der Waals surface area contributed by atoms with E-state index >= 15 is 0 Å². The fraction of sp³-hybridized carbons (Fsp3) is 0.562. The summed E-state index contributed by atoms with van der Waals surface area (Å²) in [5.74, 6) is -3.03. The number of aliphatic hydroxyl groups is 1. The molecule has 356 valence electrons. The topological polar surface area (TPSA) is 232 Å². The van der Waals surface area contributed by atoms with Crippen LogP contribution in [-0.2, 0) is 49.3 Å². The lowest BCUT2D eigenvalue weighted by Crippen LogP contribution is -2.54. The van der Waals surface area contributed by atoms with Gasteiger partial charge in [0, 0.05) is 62.2 Å². The summed E-state index contributed by atoms with van der Waals surface area (Å²) < 4.78 is 28.0. The second kappa shape index (κ2) is 23.4. The van der Waals surface area contributed by atoms with Gasteiger partial charge in [-0.15, -0.1) is 0 Å². The highest BCUT2D eigenvalue weighted by Crippen LogP contribution is 2.33. The van der Waals surface area contributed by atoms with E-state index in [9.17, 15) is 38.7 Å². The number of ketones is 1. The van der Waals surface area contributed by atoms with Gasteiger partial charge in [-0.3, -0.25) is 43.8 Å². The molecule has 18 heteroatoms. The van der Waals surface area contributed by atoms with Gasteiger partial charge in [0.15, 0.2) is 5.78 Å². The van der Waals surface area contributed by atoms with E-state index in [1.807, 2.05) is 0 Å². The lowest BCUT2D eigenvalue weighted by molar-refractivity contribution is -0.149. The quantitative estimate of drug-likeness (QED) is 0.0392. The summed E-state index contributed by atoms with van der Waals surface area (Å²) in [6, 6.07) is 11.2. The number of carbonyl (C=O) groups excluding carboxylic acids is 7. The number of hydrogen-bond donors (Lipinski definition) is 4. The van der Waals surface area contributed by atoms with Crippen molar-refractivity contribution in [1.29, 1.82) is 0 Å². The number of ether oxygens (including phenoxy) is 5. The summed E-state index contributed by atoms with van der Waals surface area (Å²) in [7, 11) is 0. The van der Waals surface area contributed by atoms with Crippen LogP contribution < -0.4 is 15.5 Å². The molecule has 66 heavy (non-hydrogen) atoms. The molecular formula is C48H61N5O13. The van der Waals surface area contributed by atoms with E-state index in [4.69, 9.17) is 23.7 Å². The van der Waals surface area contributed by atoms with Crippen molar-refractivity contribution in [2.24, 2.45) is 5.92 Å². The van der Waals surface area contributed by atoms with Crippen LogP contribution in [0.25, 0.3) is 10.9 Å². The van der Waals surface area contributed by atoms with E-state index in [1.54, 1.807) is 42.5 Å². The molecule has 0 radical (unpaired) electrons. The molecule has 2 unspecified atom stereocenters. The monoisotopic (exact) mass is 915 g/mol. The van der Waals surface area contributed by atoms with Crippen LogP contribution in [0.4, 0.5) is 5.69 Å². The molecule has 0 bridgehead atoms. The molecule has 0 spiro atoms. The SMILES string of the molecule is O=C1CCC(N2C(=O)c3cccc(CCCOCCOCCOCCOCCOCCCC(=O)c4cc5cc(N6CCC(O)(C(=O)NCC7CCCCC7)C6=O)ccc5[nH]4)c3C2=O)C(=O)N1. The van der Waals surface area contributed by atoms with Crippen molar-refractivity contribution in [1.82, 2.24) is 20.5 Å². The average Bonchev–Trinajstić information content (AvgIpc) is 3.97. The minimum atomic E-state index is -2.09. The Labute approximate surface area is 383 Å². The molecule has 7 rings (SSSR count). The van der Waals surface area contributed by atoms with E-state index in [1.165, 1.54) is 11.3 Å². The number of aromatic nitrogens is 1. The Hall–Kier alpha value is -5.37. The Kier molecular flexibility index (Phi) is 17.2. The zero-order valence-corrected chi connectivity index (χ0v) is 37.4. The van der Waals surface area contributed by atoms with Crippen LogP contribution >= 0.6 is 0 Å². The summed E-state index contributed by atoms with van der Waals surface area (Å²) in [5, 5.41) is 16.9. The number of carbonyl (C=O) groups is 7. The number of aryl methyl sites for hydroxylation is 1. The van der Waals surface area contributed by atoms with Crippen LogP contribution in [0.2, 0.25) is 0 Å². The summed E-state index contributed by atoms with van der Waals surface area (Å²) in [6.07, 6.45) is 7.71. The van der Waals surface area contributed by atoms with Crippen molar-refractivity contribution in [3.8, 4) is 0 Å². The minimum Gasteiger partial charge on any atom is -0.379 e. The van der Waals surface area contributed by atoms with Crippen molar-refractivity contribution in [2.75, 3.05) is 84.1 Å². The maximum absolute atomic E-state index is 13.3. The number of imide groups is 2. The normalized spacial score (nSPS) is 20.1. The van der Waals surface area contributed by atoms with Gasteiger partial charge < -0.3 is 44.0 Å². The molecule has 4 heterocycles. The van der Waals surface area contributed by atoms with Gasteiger partial charge in [0.25, 0.3) is 23.6 Å². The van der Waals surface area contributed by atoms with Crippen molar-refractivity contribution in [3.05, 3.63) is 64.8 Å². The molecule has 1 aromatic heterocycles. The predicted octanol–water partition coefficient (Wildman–Crippen LogP) is 3.41. The van der Waals surface area contributed by atoms with Gasteiger partial charge >= 0.3 is 0 Å². The molecular weight excluding hydrogens is 855 g/mol. The average molecular weight is 916 g/mol. The summed E-state index contributed by atoms with van der Waals surface area (Å²) in [5.41, 5.74) is 0.952. The van der Waals surface area contributed by atoms with E-state index < -0.39 is 47.1 Å². The van der Waals surface area contributed by atoms with Crippen LogP contribution in [0.15, 0.2) is 42.5 Å². The molecule has 3 aromatic rings. The van der Waals surface area contributed by atoms with Crippen molar-refractivity contribution >= 4 is 57.8 Å². The molecule has 2 aromatic carbocycles. The summed E-state index contributed by atoms with van der Waals surface area (Å²) >= 11 is 0. The van der Waals surface area contributed by atoms with Crippen LogP contribution in [-0.4, -0.2) is 147 Å². The molecule has 2 saturated heterocycles. The van der Waals surface area contributed by atoms with Crippen LogP contribution in [0.5, 0.6) is 0 Å². The molecule has 18 nitrogen and oxygen atoms in total. The predicted molar refractivity (Wildman–Crippen MR) is 239 cm³/mol. The van der Waals surface area contributed by atoms with Crippen LogP contribution in [0, 0.1) is 5.92 Å². The first kappa shape index (κ1) is 48.6. The van der Waals surface area contributed by atoms with Crippen molar-refractivity contribution in [3.63, 3.8) is 0 Å². The summed E-state index contributed by atoms with van der Waals surface area (Å²) in [4.78, 5) is 94.9. The smallest absolute Gasteiger partial charge is 0.268 e. The number of Topliss-reactive ketones (excluding diaryl/α,β-unsaturated/α-hetero) is 1. The van der Waals surface area contributed by atoms with E-state index in [0.717, 1.165) is 41.5 Å². The zero-order valence-electron chi connectivity index (χ0n) is 37.4. The van der Waals surface area contributed by atoms with Gasteiger partial charge in [-0.2, -0.15) is 0 Å². The van der Waals surface area contributed by atoms with E-state index in [0.29, 0.717) is 120 Å². The Balaban J connectivity index is 0.674. The molecule has 2 atom stereocenters. The molecule has 4 aliphatic rings. The van der Waals surface area contributed by atoms with Crippen LogP contribution in [0.1, 0.15) is 107 Å². The first-order valence-corrected chi connectivity index (χ1v) is 23.3. The summed E-state index contributed by atoms with van der Waals surface area (Å²) in [6.45, 7) is 4.64. The van der Waals surface area contributed by atoms with Crippen molar-refractivity contribution in [2.45, 2.75) is 88.7 Å². The first-order chi connectivity index (χ1) is 32.0. The maximum Gasteiger partial charge on any atom is 0.268 e. The van der Waals surface area contributed by atoms with Gasteiger partial charge in [0.1, 0.15) is 6.04 Å². The van der Waals surface area contributed by atoms with Gasteiger partial charge in [-0.05, 0) is 80.3 Å². The number of piperidine rings is 1. The third kappa shape index (κ3) is 12.0. The molecule has 1 saturated carbocycles. The Morgan fingerprint density at radius 2 is 1.44 bits per heavy atom. The Morgan fingerprint density at radius 1 is 0.773 bits per heavy atom. The third-order valence-corrected chi connectivity index (χ3v) is 12.6. The maximum atomic E-state index is 13.3. The number of anilines is 1. The highest BCUT2D eigenvalue weighted by atomic mass is 16.6. The number of rotatable bonds is 26. The van der Waals surface area contributed by atoms with Crippen LogP contribution in [0.3, 0.4) is 0 Å². The standard InChI is InChI=1S/C48H61N5O13/c54-40(38-30-34-29-35(13-14-37(34)50-38)52-18-17-48(61,47(52)60)46(59)49-31-32-7-2-1-3-8-32)12-6-20-63-22-24-65-26-28-66-27-25-64-23-21-62-19-5-10-33-9-4-11-36-42(33)45(58)53(44(36)57)39-15-16-41(55)51-43(39)56/h4,9,11,13-14,29-30,32,39,50,61H,1-3,5-8,10,12,15-28,31H2,(H,49,59)(H,51,55,56). The number of fused-ring (bicyclic) bond motifs is 2. The van der Waals surface area contributed by atoms with Crippen molar-refractivity contribution < 1.29 is 62.4 Å². The third-order valence-electron chi connectivity index (χ3n) is 12.6. The van der Waals surface area contributed by atoms with E-state index in [2.05, 4.69) is 15.6 Å². The largest absolute Gasteiger partial charge is 0.379 e. The van der Waals surface area contributed by atoms with Gasteiger partial charge in [0.2, 0.25) is 17.4 Å². The number of benzene rings is 2. The fourth-order valence-corrected chi connectivity index (χ4v) is 8.98. The molecule has 6 amide bonds. The number of nitrogens with zero attached hydrogens (tertiary/aromatic N) is 2. The van der Waals surface area contributed by atoms with E-state index in [-0.39, 0.29) is 43.6 Å². The number of H-pyrrole nitrogens is 1. The van der Waals surface area contributed by atoms with Gasteiger partial charge in [-0.25, -0.2) is 0 Å². The molecule has 4 N–H and O–H groups in total. The molecule has 3 fully saturated rings. The Bertz CT molecular complexity index is 2240. The highest BCUT2D eigenvalue weighted by molar-refractivity contribution is 6.24. The lowest BCUT2D eigenvalue weighted by Gasteiger charge is -2.27. The second-order valence-electron chi connectivity index (χ2n) is 17.2.